The minimum Gasteiger partial charge on any atom is -0.490 e. The first-order chi connectivity index (χ1) is 14.4. The lowest BCUT2D eigenvalue weighted by molar-refractivity contribution is -0.140. The Morgan fingerprint density at radius 1 is 1.13 bits per heavy atom. The third-order valence-electron chi connectivity index (χ3n) is 4.21. The summed E-state index contributed by atoms with van der Waals surface area (Å²) >= 11 is 0.714. The van der Waals surface area contributed by atoms with E-state index in [0.29, 0.717) is 46.9 Å². The highest BCUT2D eigenvalue weighted by Crippen LogP contribution is 2.34. The molecule has 2 aromatic carbocycles. The molecule has 0 aromatic heterocycles. The fraction of sp³-hybridized carbons (Fsp3) is 0.227. The number of hydrogen-bond acceptors (Lipinski definition) is 6. The van der Waals surface area contributed by atoms with Gasteiger partial charge < -0.3 is 14.6 Å². The molecule has 0 aliphatic carbocycles. The Morgan fingerprint density at radius 2 is 1.93 bits per heavy atom. The number of aryl methyl sites for hydroxylation is 1. The van der Waals surface area contributed by atoms with Gasteiger partial charge in [-0.25, -0.2) is 0 Å². The van der Waals surface area contributed by atoms with E-state index in [1.165, 1.54) is 0 Å². The van der Waals surface area contributed by atoms with Crippen LogP contribution >= 0.6 is 11.8 Å². The van der Waals surface area contributed by atoms with Crippen molar-refractivity contribution in [2.24, 2.45) is 0 Å². The van der Waals surface area contributed by atoms with Crippen molar-refractivity contribution in [3.05, 3.63) is 64.1 Å². The molecule has 1 fully saturated rings. The Labute approximate surface area is 178 Å². The number of carbonyl (C=O) groups is 3. The van der Waals surface area contributed by atoms with Crippen molar-refractivity contribution in [1.82, 2.24) is 4.90 Å². The molecule has 8 heteroatoms. The smallest absolute Gasteiger partial charge is 0.323 e. The lowest BCUT2D eigenvalue weighted by Crippen LogP contribution is -2.33. The van der Waals surface area contributed by atoms with E-state index in [1.807, 2.05) is 38.1 Å². The largest absolute Gasteiger partial charge is 0.490 e. The molecule has 2 amide bonds. The van der Waals surface area contributed by atoms with Gasteiger partial charge >= 0.3 is 5.97 Å². The summed E-state index contributed by atoms with van der Waals surface area (Å²) in [7, 11) is 0. The zero-order chi connectivity index (χ0) is 21.7. The highest BCUT2D eigenvalue weighted by Gasteiger charge is 2.36. The number of amides is 2. The highest BCUT2D eigenvalue weighted by molar-refractivity contribution is 8.18. The van der Waals surface area contributed by atoms with Gasteiger partial charge in [-0.15, -0.1) is 0 Å². The zero-order valence-electron chi connectivity index (χ0n) is 16.6. The van der Waals surface area contributed by atoms with Crippen LogP contribution in [-0.4, -0.2) is 40.3 Å². The van der Waals surface area contributed by atoms with E-state index in [1.54, 1.807) is 24.3 Å². The van der Waals surface area contributed by atoms with E-state index in [2.05, 4.69) is 0 Å². The molecule has 1 saturated heterocycles. The number of thioether (sulfide) groups is 1. The van der Waals surface area contributed by atoms with E-state index in [0.717, 1.165) is 11.1 Å². The predicted molar refractivity (Wildman–Crippen MR) is 113 cm³/mol. The molecule has 30 heavy (non-hydrogen) atoms. The summed E-state index contributed by atoms with van der Waals surface area (Å²) < 4.78 is 11.6. The minimum atomic E-state index is -1.24. The van der Waals surface area contributed by atoms with E-state index in [9.17, 15) is 14.4 Å². The van der Waals surface area contributed by atoms with Crippen LogP contribution in [0, 0.1) is 6.92 Å². The van der Waals surface area contributed by atoms with Crippen LogP contribution in [0.3, 0.4) is 0 Å². The normalized spacial score (nSPS) is 15.0. The second kappa shape index (κ2) is 9.49. The number of benzene rings is 2. The third-order valence-corrected chi connectivity index (χ3v) is 5.12. The summed E-state index contributed by atoms with van der Waals surface area (Å²) in [6.07, 6.45) is 1.54. The summed E-state index contributed by atoms with van der Waals surface area (Å²) in [5.41, 5.74) is 2.82. The second-order valence-corrected chi connectivity index (χ2v) is 7.57. The van der Waals surface area contributed by atoms with Gasteiger partial charge in [0.05, 0.1) is 11.5 Å². The van der Waals surface area contributed by atoms with Crippen LogP contribution in [0.15, 0.2) is 47.4 Å². The van der Waals surface area contributed by atoms with Crippen LogP contribution in [-0.2, 0) is 16.2 Å². The Morgan fingerprint density at radius 3 is 2.63 bits per heavy atom. The molecule has 1 N–H and O–H groups in total. The van der Waals surface area contributed by atoms with Crippen molar-refractivity contribution in [2.45, 2.75) is 20.5 Å². The standard InChI is InChI=1S/C22H21NO6S/c1-3-28-18-10-15(11-19-21(26)23(12-20(24)25)22(27)30-19)7-8-17(18)29-13-16-6-4-5-14(2)9-16/h4-11H,3,12-13H2,1-2H3,(H,24,25)/b19-11+. The monoisotopic (exact) mass is 427 g/mol. The molecule has 1 heterocycles. The van der Waals surface area contributed by atoms with Crippen LogP contribution in [0.25, 0.3) is 6.08 Å². The maximum atomic E-state index is 12.3. The zero-order valence-corrected chi connectivity index (χ0v) is 17.4. The molecular formula is C22H21NO6S. The molecular weight excluding hydrogens is 406 g/mol. The summed E-state index contributed by atoms with van der Waals surface area (Å²) in [5, 5.41) is 8.25. The lowest BCUT2D eigenvalue weighted by atomic mass is 10.1. The molecule has 0 unspecified atom stereocenters. The second-order valence-electron chi connectivity index (χ2n) is 6.58. The first-order valence-electron chi connectivity index (χ1n) is 9.29. The Kier molecular flexibility index (Phi) is 6.79. The van der Waals surface area contributed by atoms with Crippen molar-refractivity contribution < 1.29 is 29.0 Å². The van der Waals surface area contributed by atoms with Gasteiger partial charge in [0.15, 0.2) is 11.5 Å². The molecule has 3 rings (SSSR count). The van der Waals surface area contributed by atoms with Crippen LogP contribution in [0.4, 0.5) is 4.79 Å². The average molecular weight is 427 g/mol. The van der Waals surface area contributed by atoms with Crippen molar-refractivity contribution >= 4 is 35.0 Å². The molecule has 0 spiro atoms. The van der Waals surface area contributed by atoms with Gasteiger partial charge in [-0.2, -0.15) is 0 Å². The van der Waals surface area contributed by atoms with Crippen molar-refractivity contribution in [1.29, 1.82) is 0 Å². The molecule has 0 atom stereocenters. The molecule has 7 nitrogen and oxygen atoms in total. The van der Waals surface area contributed by atoms with Crippen LogP contribution < -0.4 is 9.47 Å². The Hall–Kier alpha value is -3.26. The van der Waals surface area contributed by atoms with Crippen molar-refractivity contribution in [3.63, 3.8) is 0 Å². The SMILES string of the molecule is CCOc1cc(/C=C2/SC(=O)N(CC(=O)O)C2=O)ccc1OCc1cccc(C)c1. The molecule has 0 bridgehead atoms. The molecule has 1 aliphatic rings. The molecule has 1 aliphatic heterocycles. The Bertz CT molecular complexity index is 1020. The number of hydrogen-bond donors (Lipinski definition) is 1. The lowest BCUT2D eigenvalue weighted by Gasteiger charge is -2.13. The number of imide groups is 1. The summed E-state index contributed by atoms with van der Waals surface area (Å²) in [6, 6.07) is 13.2. The summed E-state index contributed by atoms with van der Waals surface area (Å²) in [5.74, 6) is -0.782. The quantitative estimate of drug-likeness (QED) is 0.634. The van der Waals surface area contributed by atoms with Crippen LogP contribution in [0.2, 0.25) is 0 Å². The average Bonchev–Trinajstić information content (AvgIpc) is 2.95. The van der Waals surface area contributed by atoms with Crippen molar-refractivity contribution in [3.8, 4) is 11.5 Å². The van der Waals surface area contributed by atoms with Gasteiger partial charge in [-0.05, 0) is 54.9 Å². The van der Waals surface area contributed by atoms with E-state index < -0.39 is 23.7 Å². The number of carbonyl (C=O) groups excluding carboxylic acids is 2. The van der Waals surface area contributed by atoms with Crippen LogP contribution in [0.5, 0.6) is 11.5 Å². The number of aliphatic carboxylic acids is 1. The van der Waals surface area contributed by atoms with Gasteiger partial charge in [0, 0.05) is 0 Å². The molecule has 2 aromatic rings. The molecule has 0 radical (unpaired) electrons. The predicted octanol–water partition coefficient (Wildman–Crippen LogP) is 4.09. The summed E-state index contributed by atoms with van der Waals surface area (Å²) in [4.78, 5) is 35.9. The number of rotatable bonds is 8. The van der Waals surface area contributed by atoms with Gasteiger partial charge in [0.25, 0.3) is 11.1 Å². The first-order valence-corrected chi connectivity index (χ1v) is 10.1. The van der Waals surface area contributed by atoms with Crippen molar-refractivity contribution in [2.75, 3.05) is 13.2 Å². The van der Waals surface area contributed by atoms with Gasteiger partial charge in [-0.1, -0.05) is 35.9 Å². The fourth-order valence-electron chi connectivity index (χ4n) is 2.89. The Balaban J connectivity index is 1.79. The topological polar surface area (TPSA) is 93.1 Å². The molecule has 156 valence electrons. The number of carboxylic acids is 1. The summed E-state index contributed by atoms with van der Waals surface area (Å²) in [6.45, 7) is 4.03. The maximum absolute atomic E-state index is 12.3. The first kappa shape index (κ1) is 21.4. The highest BCUT2D eigenvalue weighted by atomic mass is 32.2. The van der Waals surface area contributed by atoms with Gasteiger partial charge in [0.2, 0.25) is 0 Å². The number of carboxylic acid groups (broad SMARTS) is 1. The maximum Gasteiger partial charge on any atom is 0.323 e. The van der Waals surface area contributed by atoms with Crippen LogP contribution in [0.1, 0.15) is 23.6 Å². The third kappa shape index (κ3) is 5.21. The van der Waals surface area contributed by atoms with E-state index in [4.69, 9.17) is 14.6 Å². The number of nitrogens with zero attached hydrogens (tertiary/aromatic N) is 1. The molecule has 0 saturated carbocycles. The van der Waals surface area contributed by atoms with Gasteiger partial charge in [-0.3, -0.25) is 19.3 Å². The fourth-order valence-corrected chi connectivity index (χ4v) is 3.73. The number of ether oxygens (including phenoxy) is 2. The minimum absolute atomic E-state index is 0.164. The van der Waals surface area contributed by atoms with Gasteiger partial charge in [0.1, 0.15) is 13.2 Å². The van der Waals surface area contributed by atoms with E-state index >= 15 is 0 Å². The van der Waals surface area contributed by atoms with E-state index in [-0.39, 0.29) is 4.91 Å².